The maximum atomic E-state index is 12.1. The van der Waals surface area contributed by atoms with Gasteiger partial charge in [0.25, 0.3) is 0 Å². The van der Waals surface area contributed by atoms with Crippen molar-refractivity contribution in [3.8, 4) is 0 Å². The molecule has 1 N–H and O–H groups in total. The predicted molar refractivity (Wildman–Crippen MR) is 191 cm³/mol. The molecule has 0 spiro atoms. The molecule has 0 aromatic rings. The summed E-state index contributed by atoms with van der Waals surface area (Å²) in [6, 6.07) is 0. The number of esters is 1. The quantitative estimate of drug-likeness (QED) is 0.0454. The lowest BCUT2D eigenvalue weighted by Gasteiger charge is -2.16. The van der Waals surface area contributed by atoms with Crippen LogP contribution in [0.3, 0.4) is 0 Å². The van der Waals surface area contributed by atoms with Crippen LogP contribution in [0.15, 0.2) is 60.8 Å². The van der Waals surface area contributed by atoms with E-state index in [0.29, 0.717) is 19.6 Å². The monoisotopic (exact) mass is 615 g/mol. The second-order valence-electron chi connectivity index (χ2n) is 11.9. The maximum Gasteiger partial charge on any atom is 0.306 e. The van der Waals surface area contributed by atoms with E-state index in [1.807, 2.05) is 0 Å². The molecule has 0 aliphatic rings. The van der Waals surface area contributed by atoms with Crippen molar-refractivity contribution in [2.45, 2.75) is 168 Å². The molecular weight excluding hydrogens is 544 g/mol. The Morgan fingerprint density at radius 2 is 1.02 bits per heavy atom. The molecule has 0 aromatic carbocycles. The Morgan fingerprint density at radius 3 is 1.55 bits per heavy atom. The van der Waals surface area contributed by atoms with Crippen molar-refractivity contribution in [3.05, 3.63) is 60.8 Å². The summed E-state index contributed by atoms with van der Waals surface area (Å²) in [6.07, 6.45) is 48.3. The number of ether oxygens (including phenoxy) is 2. The number of aliphatic hydroxyl groups excluding tert-OH is 1. The Morgan fingerprint density at radius 1 is 0.568 bits per heavy atom. The van der Waals surface area contributed by atoms with Gasteiger partial charge in [0, 0.05) is 13.0 Å². The van der Waals surface area contributed by atoms with E-state index in [4.69, 9.17) is 9.47 Å². The zero-order valence-corrected chi connectivity index (χ0v) is 28.9. The zero-order chi connectivity index (χ0) is 32.0. The van der Waals surface area contributed by atoms with E-state index < -0.39 is 6.10 Å². The van der Waals surface area contributed by atoms with E-state index >= 15 is 0 Å². The number of allylic oxidation sites excluding steroid dienone is 10. The number of hydrogen-bond acceptors (Lipinski definition) is 4. The van der Waals surface area contributed by atoms with Gasteiger partial charge in [0.05, 0.1) is 13.2 Å². The van der Waals surface area contributed by atoms with Crippen LogP contribution in [0.2, 0.25) is 0 Å². The number of carbonyl (C=O) groups excluding carboxylic acids is 1. The van der Waals surface area contributed by atoms with E-state index in [-0.39, 0.29) is 12.6 Å². The first-order valence-electron chi connectivity index (χ1n) is 18.4. The molecule has 0 aromatic heterocycles. The molecule has 44 heavy (non-hydrogen) atoms. The molecule has 0 heterocycles. The van der Waals surface area contributed by atoms with E-state index in [9.17, 15) is 9.90 Å². The van der Waals surface area contributed by atoms with E-state index in [1.165, 1.54) is 83.5 Å². The van der Waals surface area contributed by atoms with Gasteiger partial charge in [0.1, 0.15) is 6.10 Å². The van der Waals surface area contributed by atoms with Gasteiger partial charge in [0.15, 0.2) is 0 Å². The fourth-order valence-corrected chi connectivity index (χ4v) is 4.88. The summed E-state index contributed by atoms with van der Waals surface area (Å²) in [6.45, 7) is 5.20. The minimum Gasteiger partial charge on any atom is -0.457 e. The highest BCUT2D eigenvalue weighted by molar-refractivity contribution is 5.69. The smallest absolute Gasteiger partial charge is 0.306 e. The first kappa shape index (κ1) is 42.1. The molecule has 0 saturated heterocycles. The topological polar surface area (TPSA) is 55.8 Å². The van der Waals surface area contributed by atoms with Crippen molar-refractivity contribution in [1.82, 2.24) is 0 Å². The molecule has 254 valence electrons. The third-order valence-electron chi connectivity index (χ3n) is 7.61. The number of carbonyl (C=O) groups is 1. The van der Waals surface area contributed by atoms with Crippen LogP contribution >= 0.6 is 0 Å². The summed E-state index contributed by atoms with van der Waals surface area (Å²) in [5, 5.41) is 9.52. The molecule has 0 bridgehead atoms. The summed E-state index contributed by atoms with van der Waals surface area (Å²) < 4.78 is 11.1. The number of aliphatic hydroxyl groups is 1. The fraction of sp³-hybridized carbons (Fsp3) is 0.725. The normalized spacial score (nSPS) is 13.1. The second-order valence-corrected chi connectivity index (χ2v) is 11.9. The van der Waals surface area contributed by atoms with Crippen molar-refractivity contribution < 1.29 is 19.4 Å². The van der Waals surface area contributed by atoms with Crippen LogP contribution in [-0.4, -0.2) is 37.0 Å². The molecule has 0 fully saturated rings. The van der Waals surface area contributed by atoms with Gasteiger partial charge in [0.2, 0.25) is 0 Å². The van der Waals surface area contributed by atoms with Crippen LogP contribution in [0.5, 0.6) is 0 Å². The van der Waals surface area contributed by atoms with Crippen LogP contribution in [0.1, 0.15) is 162 Å². The first-order valence-corrected chi connectivity index (χ1v) is 18.4. The van der Waals surface area contributed by atoms with E-state index in [0.717, 1.165) is 57.8 Å². The van der Waals surface area contributed by atoms with E-state index in [1.54, 1.807) is 0 Å². The highest BCUT2D eigenvalue weighted by Crippen LogP contribution is 2.12. The van der Waals surface area contributed by atoms with Gasteiger partial charge < -0.3 is 14.6 Å². The van der Waals surface area contributed by atoms with Crippen LogP contribution < -0.4 is 0 Å². The van der Waals surface area contributed by atoms with Gasteiger partial charge in [-0.2, -0.15) is 0 Å². The average molecular weight is 615 g/mol. The third-order valence-corrected chi connectivity index (χ3v) is 7.61. The standard InChI is InChI=1S/C40H70O4/c1-3-5-7-9-11-13-14-15-16-17-18-19-20-21-22-23-24-25-26-27-29-31-33-35-40(42)44-39(37-41)38-43-36-34-32-30-28-12-10-8-6-4-2/h5,7,11,13,15-16,18-19,21-22,39,41H,3-4,6,8-10,12,14,17,20,23-38H2,1-2H3/b7-5-,13-11-,16-15-,19-18-,22-21-. The lowest BCUT2D eigenvalue weighted by Crippen LogP contribution is -2.27. The minimum atomic E-state index is -0.538. The Labute approximate surface area is 273 Å². The molecule has 0 radical (unpaired) electrons. The fourth-order valence-electron chi connectivity index (χ4n) is 4.88. The molecule has 1 unspecified atom stereocenters. The van der Waals surface area contributed by atoms with Crippen LogP contribution in [-0.2, 0) is 14.3 Å². The predicted octanol–water partition coefficient (Wildman–Crippen LogP) is 11.7. The number of rotatable bonds is 33. The zero-order valence-electron chi connectivity index (χ0n) is 28.9. The summed E-state index contributed by atoms with van der Waals surface area (Å²) in [5.41, 5.74) is 0. The van der Waals surface area contributed by atoms with Crippen LogP contribution in [0.25, 0.3) is 0 Å². The van der Waals surface area contributed by atoms with Crippen LogP contribution in [0, 0.1) is 0 Å². The van der Waals surface area contributed by atoms with Crippen molar-refractivity contribution in [2.24, 2.45) is 0 Å². The summed E-state index contributed by atoms with van der Waals surface area (Å²) in [4.78, 5) is 12.1. The lowest BCUT2D eigenvalue weighted by molar-refractivity contribution is -0.154. The molecule has 4 heteroatoms. The third kappa shape index (κ3) is 34.6. The number of hydrogen-bond donors (Lipinski definition) is 1. The summed E-state index contributed by atoms with van der Waals surface area (Å²) in [5.74, 6) is -0.215. The minimum absolute atomic E-state index is 0.177. The van der Waals surface area contributed by atoms with E-state index in [2.05, 4.69) is 74.6 Å². The van der Waals surface area contributed by atoms with Gasteiger partial charge >= 0.3 is 5.97 Å². The van der Waals surface area contributed by atoms with Crippen molar-refractivity contribution in [2.75, 3.05) is 19.8 Å². The van der Waals surface area contributed by atoms with Gasteiger partial charge in [-0.3, -0.25) is 4.79 Å². The van der Waals surface area contributed by atoms with Gasteiger partial charge in [-0.15, -0.1) is 0 Å². The van der Waals surface area contributed by atoms with Crippen molar-refractivity contribution in [3.63, 3.8) is 0 Å². The van der Waals surface area contributed by atoms with Crippen LogP contribution in [0.4, 0.5) is 0 Å². The van der Waals surface area contributed by atoms with Gasteiger partial charge in [-0.05, 0) is 57.8 Å². The largest absolute Gasteiger partial charge is 0.457 e. The molecule has 0 rings (SSSR count). The van der Waals surface area contributed by atoms with Crippen molar-refractivity contribution in [1.29, 1.82) is 0 Å². The first-order chi connectivity index (χ1) is 21.7. The maximum absolute atomic E-state index is 12.1. The Hall–Kier alpha value is -1.91. The molecule has 0 aliphatic heterocycles. The lowest BCUT2D eigenvalue weighted by atomic mass is 10.1. The number of unbranched alkanes of at least 4 members (excludes halogenated alkanes) is 15. The Kier molecular flexibility index (Phi) is 35.7. The molecule has 0 aliphatic carbocycles. The Bertz CT molecular complexity index is 734. The second kappa shape index (κ2) is 37.3. The highest BCUT2D eigenvalue weighted by atomic mass is 16.6. The van der Waals surface area contributed by atoms with Crippen molar-refractivity contribution >= 4 is 5.97 Å². The molecule has 0 saturated carbocycles. The Balaban J connectivity index is 3.51. The van der Waals surface area contributed by atoms with Gasteiger partial charge in [-0.1, -0.05) is 158 Å². The summed E-state index contributed by atoms with van der Waals surface area (Å²) in [7, 11) is 0. The molecule has 1 atom stereocenters. The SMILES string of the molecule is CC/C=C\C/C=C\C/C=C\C/C=C\C/C=C\CCCCCCCCCC(=O)OC(CO)COCCCCCCCCCCC. The average Bonchev–Trinajstić information content (AvgIpc) is 3.03. The molecule has 0 amide bonds. The molecular formula is C40H70O4. The summed E-state index contributed by atoms with van der Waals surface area (Å²) >= 11 is 0. The highest BCUT2D eigenvalue weighted by Gasteiger charge is 2.13. The van der Waals surface area contributed by atoms with Gasteiger partial charge in [-0.25, -0.2) is 0 Å². The molecule has 4 nitrogen and oxygen atoms in total.